The lowest BCUT2D eigenvalue weighted by molar-refractivity contribution is -0.274. The number of rotatable bonds is 6. The summed E-state index contributed by atoms with van der Waals surface area (Å²) in [4.78, 5) is 9.80. The van der Waals surface area contributed by atoms with Crippen molar-refractivity contribution >= 4 is 11.8 Å². The van der Waals surface area contributed by atoms with Crippen LogP contribution in [0.25, 0.3) is 23.1 Å². The first-order valence-corrected chi connectivity index (χ1v) is 10.3. The molecule has 160 valence electrons. The Morgan fingerprint density at radius 2 is 1.84 bits per heavy atom. The van der Waals surface area contributed by atoms with Crippen LogP contribution in [0, 0.1) is 6.92 Å². The third-order valence-electron chi connectivity index (χ3n) is 4.29. The Hall–Kier alpha value is -3.34. The van der Waals surface area contributed by atoms with Gasteiger partial charge in [-0.3, -0.25) is 0 Å². The van der Waals surface area contributed by atoms with Crippen molar-refractivity contribution in [2.75, 3.05) is 6.26 Å². The van der Waals surface area contributed by atoms with Crippen molar-refractivity contribution in [3.63, 3.8) is 0 Å². The normalized spacial score (nSPS) is 11.6. The summed E-state index contributed by atoms with van der Waals surface area (Å²) in [5.41, 5.74) is 1.55. The molecule has 0 aliphatic heterocycles. The van der Waals surface area contributed by atoms with Gasteiger partial charge in [0.1, 0.15) is 11.6 Å². The van der Waals surface area contributed by atoms with Crippen molar-refractivity contribution in [1.82, 2.24) is 24.9 Å². The molecule has 4 aromatic rings. The fraction of sp³-hybridized carbons (Fsp3) is 0.200. The summed E-state index contributed by atoms with van der Waals surface area (Å²) in [6, 6.07) is 13.3. The molecule has 2 heterocycles. The number of nitrogens with zero attached hydrogens (tertiary/aromatic N) is 5. The number of hydrogen-bond donors (Lipinski definition) is 0. The van der Waals surface area contributed by atoms with E-state index in [0.717, 1.165) is 10.5 Å². The van der Waals surface area contributed by atoms with Gasteiger partial charge in [-0.2, -0.15) is 4.98 Å². The smallest absolute Gasteiger partial charge is 0.406 e. The molecule has 0 N–H and O–H groups in total. The quantitative estimate of drug-likeness (QED) is 0.386. The highest BCUT2D eigenvalue weighted by atomic mass is 32.2. The second kappa shape index (κ2) is 8.42. The van der Waals surface area contributed by atoms with E-state index in [1.54, 1.807) is 16.4 Å². The van der Waals surface area contributed by atoms with Crippen molar-refractivity contribution in [2.45, 2.75) is 24.7 Å². The number of benzene rings is 2. The first-order valence-electron chi connectivity index (χ1n) is 9.05. The summed E-state index contributed by atoms with van der Waals surface area (Å²) >= 11 is 1.66. The molecule has 0 saturated carbocycles. The number of aryl methyl sites for hydroxylation is 1. The van der Waals surface area contributed by atoms with E-state index in [-0.39, 0.29) is 23.3 Å². The van der Waals surface area contributed by atoms with Crippen LogP contribution in [0.3, 0.4) is 0 Å². The maximum Gasteiger partial charge on any atom is 0.573 e. The highest BCUT2D eigenvalue weighted by Gasteiger charge is 2.31. The minimum atomic E-state index is -4.75. The maximum absolute atomic E-state index is 12.3. The first-order chi connectivity index (χ1) is 14.8. The Morgan fingerprint density at radius 1 is 1.06 bits per heavy atom. The van der Waals surface area contributed by atoms with Gasteiger partial charge in [0.25, 0.3) is 5.89 Å². The van der Waals surface area contributed by atoms with Crippen LogP contribution in [0.5, 0.6) is 5.75 Å². The zero-order valence-electron chi connectivity index (χ0n) is 16.4. The molecule has 0 bridgehead atoms. The Morgan fingerprint density at radius 3 is 2.55 bits per heavy atom. The average Bonchev–Trinajstić information content (AvgIpc) is 3.35. The number of thioether (sulfide) groups is 1. The van der Waals surface area contributed by atoms with Crippen molar-refractivity contribution in [3.05, 3.63) is 59.9 Å². The van der Waals surface area contributed by atoms with Gasteiger partial charge >= 0.3 is 6.36 Å². The molecule has 0 fully saturated rings. The van der Waals surface area contributed by atoms with Crippen molar-refractivity contribution in [1.29, 1.82) is 0 Å². The topological polar surface area (TPSA) is 78.9 Å². The third kappa shape index (κ3) is 5.05. The highest BCUT2D eigenvalue weighted by Crippen LogP contribution is 2.26. The number of aromatic nitrogens is 5. The van der Waals surface area contributed by atoms with Gasteiger partial charge in [-0.15, -0.1) is 30.0 Å². The van der Waals surface area contributed by atoms with Gasteiger partial charge in [-0.1, -0.05) is 17.3 Å². The Labute approximate surface area is 179 Å². The van der Waals surface area contributed by atoms with Gasteiger partial charge in [0.05, 0.1) is 6.54 Å². The average molecular weight is 447 g/mol. The van der Waals surface area contributed by atoms with Crippen LogP contribution < -0.4 is 4.74 Å². The molecular formula is C20H16F3N5O2S. The second-order valence-corrected chi connectivity index (χ2v) is 7.37. The van der Waals surface area contributed by atoms with Crippen LogP contribution in [0.2, 0.25) is 0 Å². The maximum atomic E-state index is 12.3. The fourth-order valence-corrected chi connectivity index (χ4v) is 3.33. The van der Waals surface area contributed by atoms with Gasteiger partial charge < -0.3 is 9.26 Å². The summed E-state index contributed by atoms with van der Waals surface area (Å²) in [7, 11) is 0. The zero-order valence-corrected chi connectivity index (χ0v) is 17.2. The van der Waals surface area contributed by atoms with Gasteiger partial charge in [-0.25, -0.2) is 9.67 Å². The van der Waals surface area contributed by atoms with Gasteiger partial charge in [0, 0.05) is 10.5 Å². The van der Waals surface area contributed by atoms with Gasteiger partial charge in [-0.05, 0) is 55.1 Å². The van der Waals surface area contributed by atoms with Crippen LogP contribution in [0.15, 0.2) is 57.9 Å². The molecule has 0 atom stereocenters. The molecule has 0 spiro atoms. The molecule has 7 nitrogen and oxygen atoms in total. The van der Waals surface area contributed by atoms with E-state index in [1.165, 1.54) is 24.3 Å². The van der Waals surface area contributed by atoms with E-state index < -0.39 is 6.36 Å². The number of hydrogen-bond acceptors (Lipinski definition) is 7. The van der Waals surface area contributed by atoms with Crippen LogP contribution >= 0.6 is 11.8 Å². The van der Waals surface area contributed by atoms with Crippen LogP contribution in [-0.2, 0) is 6.54 Å². The molecule has 0 aliphatic carbocycles. The highest BCUT2D eigenvalue weighted by molar-refractivity contribution is 7.98. The molecule has 0 radical (unpaired) electrons. The zero-order chi connectivity index (χ0) is 22.0. The van der Waals surface area contributed by atoms with Crippen LogP contribution in [0.4, 0.5) is 13.2 Å². The Balaban J connectivity index is 1.52. The van der Waals surface area contributed by atoms with E-state index in [1.807, 2.05) is 31.4 Å². The molecule has 0 aliphatic rings. The van der Waals surface area contributed by atoms with Gasteiger partial charge in [0.15, 0.2) is 0 Å². The lowest BCUT2D eigenvalue weighted by atomic mass is 10.2. The first kappa shape index (κ1) is 20.9. The SMILES string of the molecule is CSc1cccc(Cn2nc(-c3nc(-c4ccc(OC(F)(F)F)cc4)no3)nc2C)c1. The minimum Gasteiger partial charge on any atom is -0.406 e. The predicted molar refractivity (Wildman–Crippen MR) is 107 cm³/mol. The molecule has 2 aromatic carbocycles. The van der Waals surface area contributed by atoms with E-state index in [9.17, 15) is 13.2 Å². The van der Waals surface area contributed by atoms with Gasteiger partial charge in [0.2, 0.25) is 11.6 Å². The summed E-state index contributed by atoms with van der Waals surface area (Å²) < 4.78 is 47.7. The van der Waals surface area contributed by atoms with E-state index in [4.69, 9.17) is 4.52 Å². The molecule has 0 unspecified atom stereocenters. The van der Waals surface area contributed by atoms with Crippen molar-refractivity contribution in [2.24, 2.45) is 0 Å². The minimum absolute atomic E-state index is 0.116. The molecule has 0 amide bonds. The van der Waals surface area contributed by atoms with E-state index >= 15 is 0 Å². The Bertz CT molecular complexity index is 1190. The summed E-state index contributed by atoms with van der Waals surface area (Å²) in [5, 5.41) is 8.32. The number of halogens is 3. The number of alkyl halides is 3. The van der Waals surface area contributed by atoms with E-state index in [0.29, 0.717) is 17.9 Å². The molecule has 2 aromatic heterocycles. The molecule has 11 heteroatoms. The Kier molecular flexibility index (Phi) is 5.68. The fourth-order valence-electron chi connectivity index (χ4n) is 2.84. The molecule has 0 saturated heterocycles. The van der Waals surface area contributed by atoms with Crippen molar-refractivity contribution < 1.29 is 22.4 Å². The molecule has 31 heavy (non-hydrogen) atoms. The molecule has 4 rings (SSSR count). The van der Waals surface area contributed by atoms with Crippen LogP contribution in [0.1, 0.15) is 11.4 Å². The van der Waals surface area contributed by atoms with E-state index in [2.05, 4.69) is 31.0 Å². The monoisotopic (exact) mass is 447 g/mol. The molecular weight excluding hydrogens is 431 g/mol. The summed E-state index contributed by atoms with van der Waals surface area (Å²) in [5.74, 6) is 0.939. The van der Waals surface area contributed by atoms with Crippen LogP contribution in [-0.4, -0.2) is 37.5 Å². The lowest BCUT2D eigenvalue weighted by Gasteiger charge is -2.08. The predicted octanol–water partition coefficient (Wildman–Crippen LogP) is 4.97. The number of ether oxygens (including phenoxy) is 1. The third-order valence-corrected chi connectivity index (χ3v) is 5.01. The standard InChI is InChI=1S/C20H16F3N5O2S/c1-12-24-18(26-28(12)11-13-4-3-5-16(10-13)31-2)19-25-17(27-30-19)14-6-8-15(9-7-14)29-20(21,22)23/h3-10H,11H2,1-2H3. The summed E-state index contributed by atoms with van der Waals surface area (Å²) in [6.45, 7) is 2.36. The largest absolute Gasteiger partial charge is 0.573 e. The van der Waals surface area contributed by atoms with Crippen molar-refractivity contribution in [3.8, 4) is 28.9 Å². The summed E-state index contributed by atoms with van der Waals surface area (Å²) in [6.07, 6.45) is -2.73. The lowest BCUT2D eigenvalue weighted by Crippen LogP contribution is -2.16. The second-order valence-electron chi connectivity index (χ2n) is 6.49.